The molecule has 1 aromatic rings. The minimum atomic E-state index is -1.19. The van der Waals surface area contributed by atoms with Gasteiger partial charge in [0.2, 0.25) is 29.5 Å². The summed E-state index contributed by atoms with van der Waals surface area (Å²) < 4.78 is 0. The average Bonchev–Trinajstić information content (AvgIpc) is 2.84. The van der Waals surface area contributed by atoms with Crippen LogP contribution in [0.2, 0.25) is 0 Å². The minimum Gasteiger partial charge on any atom is -0.480 e. The van der Waals surface area contributed by atoms with Crippen LogP contribution in [-0.4, -0.2) is 71.8 Å². The van der Waals surface area contributed by atoms with Crippen molar-refractivity contribution in [1.82, 2.24) is 21.3 Å². The van der Waals surface area contributed by atoms with Gasteiger partial charge in [0.05, 0.1) is 13.1 Å². The molecule has 0 saturated carbocycles. The number of nitrogens with one attached hydrogen (secondary N) is 4. The Bertz CT molecular complexity index is 954. The number of primary amides is 1. The molecule has 0 aliphatic heterocycles. The number of hydrogen-bond acceptors (Lipinski definition) is 7. The van der Waals surface area contributed by atoms with Crippen molar-refractivity contribution in [2.45, 2.75) is 57.7 Å². The fourth-order valence-electron chi connectivity index (χ4n) is 3.37. The van der Waals surface area contributed by atoms with Gasteiger partial charge in [0, 0.05) is 12.8 Å². The van der Waals surface area contributed by atoms with Crippen molar-refractivity contribution in [3.63, 3.8) is 0 Å². The van der Waals surface area contributed by atoms with Crippen molar-refractivity contribution < 1.29 is 33.9 Å². The summed E-state index contributed by atoms with van der Waals surface area (Å²) in [5.74, 6) is -4.66. The lowest BCUT2D eigenvalue weighted by atomic mass is 10.0. The number of aliphatic carboxylic acids is 1. The average molecular weight is 521 g/mol. The first-order valence-electron chi connectivity index (χ1n) is 11.8. The fourth-order valence-corrected chi connectivity index (χ4v) is 3.37. The number of carboxylic acid groups (broad SMARTS) is 1. The minimum absolute atomic E-state index is 0.000971. The zero-order chi connectivity index (χ0) is 28.0. The van der Waals surface area contributed by atoms with Crippen LogP contribution in [0.3, 0.4) is 0 Å². The molecule has 37 heavy (non-hydrogen) atoms. The summed E-state index contributed by atoms with van der Waals surface area (Å²) in [6.07, 6.45) is -0.00587. The molecule has 0 bridgehead atoms. The highest BCUT2D eigenvalue weighted by Crippen LogP contribution is 2.08. The van der Waals surface area contributed by atoms with Gasteiger partial charge < -0.3 is 37.8 Å². The highest BCUT2D eigenvalue weighted by atomic mass is 16.4. The van der Waals surface area contributed by atoms with Crippen LogP contribution in [0, 0.1) is 5.92 Å². The van der Waals surface area contributed by atoms with Crippen molar-refractivity contribution in [2.24, 2.45) is 17.4 Å². The molecule has 5 amide bonds. The van der Waals surface area contributed by atoms with E-state index in [0.717, 1.165) is 5.56 Å². The lowest BCUT2D eigenvalue weighted by Crippen LogP contribution is -2.55. The summed E-state index contributed by atoms with van der Waals surface area (Å²) in [7, 11) is 0. The van der Waals surface area contributed by atoms with E-state index in [1.165, 1.54) is 0 Å². The smallest absolute Gasteiger partial charge is 0.326 e. The molecule has 0 radical (unpaired) electrons. The van der Waals surface area contributed by atoms with Gasteiger partial charge in [-0.3, -0.25) is 24.0 Å². The number of carbonyl (C=O) groups is 6. The fraction of sp³-hybridized carbons (Fsp3) is 0.500. The summed E-state index contributed by atoms with van der Waals surface area (Å²) in [5.41, 5.74) is 11.1. The Balaban J connectivity index is 2.89. The Morgan fingerprint density at radius 1 is 0.865 bits per heavy atom. The molecular formula is C24H36N6O7. The van der Waals surface area contributed by atoms with E-state index in [4.69, 9.17) is 11.5 Å². The van der Waals surface area contributed by atoms with E-state index in [2.05, 4.69) is 21.3 Å². The normalized spacial score (nSPS) is 13.1. The van der Waals surface area contributed by atoms with Gasteiger partial charge in [0.15, 0.2) is 0 Å². The van der Waals surface area contributed by atoms with Gasteiger partial charge in [-0.25, -0.2) is 4.79 Å². The van der Waals surface area contributed by atoms with Crippen molar-refractivity contribution in [3.05, 3.63) is 35.9 Å². The quantitative estimate of drug-likeness (QED) is 0.131. The number of amides is 5. The predicted molar refractivity (Wildman–Crippen MR) is 134 cm³/mol. The first kappa shape index (κ1) is 31.0. The zero-order valence-electron chi connectivity index (χ0n) is 21.0. The number of hydrogen-bond donors (Lipinski definition) is 7. The van der Waals surface area contributed by atoms with Crippen molar-refractivity contribution in [3.8, 4) is 0 Å². The van der Waals surface area contributed by atoms with E-state index in [9.17, 15) is 33.9 Å². The van der Waals surface area contributed by atoms with Crippen LogP contribution >= 0.6 is 0 Å². The maximum atomic E-state index is 12.9. The summed E-state index contributed by atoms with van der Waals surface area (Å²) in [4.78, 5) is 72.3. The van der Waals surface area contributed by atoms with Gasteiger partial charge in [-0.15, -0.1) is 0 Å². The summed E-state index contributed by atoms with van der Waals surface area (Å²) in [6.45, 7) is 2.71. The van der Waals surface area contributed by atoms with Crippen LogP contribution in [0.25, 0.3) is 0 Å². The van der Waals surface area contributed by atoms with E-state index < -0.39 is 60.2 Å². The Morgan fingerprint density at radius 3 is 2.03 bits per heavy atom. The molecule has 1 rings (SSSR count). The van der Waals surface area contributed by atoms with E-state index in [1.54, 1.807) is 30.3 Å². The highest BCUT2D eigenvalue weighted by Gasteiger charge is 2.28. The third kappa shape index (κ3) is 12.5. The molecule has 13 heteroatoms. The molecule has 0 aromatic heterocycles. The molecule has 0 heterocycles. The molecular weight excluding hydrogens is 484 g/mol. The largest absolute Gasteiger partial charge is 0.480 e. The second kappa shape index (κ2) is 15.9. The summed E-state index contributed by atoms with van der Waals surface area (Å²) in [5, 5.41) is 19.1. The number of nitrogens with two attached hydrogens (primary N) is 2. The first-order valence-corrected chi connectivity index (χ1v) is 11.8. The first-order chi connectivity index (χ1) is 17.4. The van der Waals surface area contributed by atoms with Crippen LogP contribution < -0.4 is 32.7 Å². The third-order valence-corrected chi connectivity index (χ3v) is 5.20. The van der Waals surface area contributed by atoms with Gasteiger partial charge in [0.25, 0.3) is 0 Å². The lowest BCUT2D eigenvalue weighted by molar-refractivity contribution is -0.142. The molecule has 9 N–H and O–H groups in total. The lowest BCUT2D eigenvalue weighted by Gasteiger charge is -2.23. The molecule has 0 saturated heterocycles. The van der Waals surface area contributed by atoms with Crippen LogP contribution in [0.15, 0.2) is 30.3 Å². The van der Waals surface area contributed by atoms with Gasteiger partial charge in [-0.05, 0) is 24.3 Å². The monoisotopic (exact) mass is 520 g/mol. The van der Waals surface area contributed by atoms with E-state index >= 15 is 0 Å². The molecule has 0 unspecified atom stereocenters. The van der Waals surface area contributed by atoms with Crippen LogP contribution in [0.1, 0.15) is 38.7 Å². The third-order valence-electron chi connectivity index (χ3n) is 5.20. The summed E-state index contributed by atoms with van der Waals surface area (Å²) >= 11 is 0. The number of carbonyl (C=O) groups excluding carboxylic acids is 5. The topological polar surface area (TPSA) is 223 Å². The maximum absolute atomic E-state index is 12.9. The Morgan fingerprint density at radius 2 is 1.49 bits per heavy atom. The number of rotatable bonds is 16. The Hall–Kier alpha value is -4.00. The van der Waals surface area contributed by atoms with Gasteiger partial charge >= 0.3 is 5.97 Å². The van der Waals surface area contributed by atoms with Gasteiger partial charge in [0.1, 0.15) is 18.1 Å². The number of benzene rings is 1. The molecule has 204 valence electrons. The molecule has 13 nitrogen and oxygen atoms in total. The molecule has 0 aliphatic rings. The molecule has 3 atom stereocenters. The molecule has 0 fully saturated rings. The van der Waals surface area contributed by atoms with Crippen LogP contribution in [0.4, 0.5) is 0 Å². The van der Waals surface area contributed by atoms with Gasteiger partial charge in [-0.1, -0.05) is 44.2 Å². The van der Waals surface area contributed by atoms with Crippen molar-refractivity contribution in [2.75, 3.05) is 13.1 Å². The Kier molecular flexibility index (Phi) is 13.3. The molecule has 0 spiro atoms. The van der Waals surface area contributed by atoms with Crippen molar-refractivity contribution in [1.29, 1.82) is 0 Å². The summed E-state index contributed by atoms with van der Waals surface area (Å²) in [6, 6.07) is 5.39. The van der Waals surface area contributed by atoms with Crippen LogP contribution in [0.5, 0.6) is 0 Å². The van der Waals surface area contributed by atoms with E-state index in [-0.39, 0.29) is 38.1 Å². The predicted octanol–water partition coefficient (Wildman–Crippen LogP) is -1.85. The maximum Gasteiger partial charge on any atom is 0.326 e. The Labute approximate surface area is 215 Å². The zero-order valence-corrected chi connectivity index (χ0v) is 21.0. The SMILES string of the molecule is CC(C)C[C@H](NC(=O)[C@H](Cc1ccccc1)NC(=O)CNC(=O)[C@H](CCC(N)=O)NC(=O)CN)C(=O)O. The number of carboxylic acids is 1. The molecule has 1 aromatic carbocycles. The second-order valence-electron chi connectivity index (χ2n) is 8.89. The standard InChI is InChI=1S/C24H36N6O7/c1-14(2)10-18(24(36)37)30-23(35)17(11-15-6-4-3-5-7-15)29-21(33)13-27-22(34)16(8-9-19(26)31)28-20(32)12-25/h3-7,14,16-18H,8-13,25H2,1-2H3,(H2,26,31)(H,27,34)(H,28,32)(H,29,33)(H,30,35)(H,36,37)/t16-,17-,18-/m0/s1. The van der Waals surface area contributed by atoms with E-state index in [0.29, 0.717) is 0 Å². The van der Waals surface area contributed by atoms with E-state index in [1.807, 2.05) is 13.8 Å². The molecule has 0 aliphatic carbocycles. The van der Waals surface area contributed by atoms with Crippen molar-refractivity contribution >= 4 is 35.5 Å². The van der Waals surface area contributed by atoms with Crippen LogP contribution in [-0.2, 0) is 35.2 Å². The second-order valence-corrected chi connectivity index (χ2v) is 8.89. The van der Waals surface area contributed by atoms with Gasteiger partial charge in [-0.2, -0.15) is 0 Å². The highest BCUT2D eigenvalue weighted by molar-refractivity contribution is 5.94.